The maximum Gasteiger partial charge on any atom is 0.239 e. The van der Waals surface area contributed by atoms with Gasteiger partial charge in [-0.2, -0.15) is 10.2 Å². The third-order valence-corrected chi connectivity index (χ3v) is 2.45. The van der Waals surface area contributed by atoms with Crippen molar-refractivity contribution in [2.45, 2.75) is 0 Å². The number of nitrogens with one attached hydrogen (secondary N) is 2. The summed E-state index contributed by atoms with van der Waals surface area (Å²) in [5, 5.41) is 12.3. The molecular weight excluding hydrogens is 252 g/mol. The fourth-order valence-electron chi connectivity index (χ4n) is 1.34. The van der Waals surface area contributed by atoms with Gasteiger partial charge in [-0.05, 0) is 12.1 Å². The van der Waals surface area contributed by atoms with Gasteiger partial charge in [0.25, 0.3) is 0 Å². The molecule has 0 fully saturated rings. The molecule has 6 nitrogen and oxygen atoms in total. The van der Waals surface area contributed by atoms with Crippen molar-refractivity contribution >= 4 is 29.1 Å². The number of benzene rings is 1. The predicted molar refractivity (Wildman–Crippen MR) is 69.3 cm³/mol. The molecule has 1 aromatic heterocycles. The lowest BCUT2D eigenvalue weighted by Gasteiger charge is -2.09. The van der Waals surface area contributed by atoms with Crippen molar-refractivity contribution in [3.05, 3.63) is 41.0 Å². The van der Waals surface area contributed by atoms with E-state index >= 15 is 0 Å². The van der Waals surface area contributed by atoms with Gasteiger partial charge in [0.15, 0.2) is 5.82 Å². The normalized spacial score (nSPS) is 9.61. The molecule has 0 saturated carbocycles. The highest BCUT2D eigenvalue weighted by molar-refractivity contribution is 6.32. The first-order chi connectivity index (χ1) is 8.74. The van der Waals surface area contributed by atoms with E-state index in [0.29, 0.717) is 22.1 Å². The van der Waals surface area contributed by atoms with Gasteiger partial charge in [-0.1, -0.05) is 23.7 Å². The Morgan fingerprint density at radius 2 is 2.11 bits per heavy atom. The second-order valence-corrected chi connectivity index (χ2v) is 3.72. The maximum absolute atomic E-state index is 8.98. The summed E-state index contributed by atoms with van der Waals surface area (Å²) in [6, 6.07) is 9.11. The number of halogens is 1. The van der Waals surface area contributed by atoms with Crippen molar-refractivity contribution in [1.29, 1.82) is 5.26 Å². The molecular formula is C11H9ClN6. The molecule has 0 spiro atoms. The monoisotopic (exact) mass is 260 g/mol. The van der Waals surface area contributed by atoms with Crippen molar-refractivity contribution < 1.29 is 0 Å². The van der Waals surface area contributed by atoms with Crippen LogP contribution in [0.25, 0.3) is 0 Å². The van der Waals surface area contributed by atoms with Crippen molar-refractivity contribution in [2.75, 3.05) is 10.7 Å². The van der Waals surface area contributed by atoms with Gasteiger partial charge in [0.2, 0.25) is 5.95 Å². The second-order valence-electron chi connectivity index (χ2n) is 3.32. The summed E-state index contributed by atoms with van der Waals surface area (Å²) < 4.78 is 0. The first kappa shape index (κ1) is 12.1. The van der Waals surface area contributed by atoms with E-state index in [9.17, 15) is 0 Å². The Balaban J connectivity index is 2.37. The molecule has 0 atom stereocenters. The molecule has 2 aromatic rings. The number of para-hydroxylation sites is 1. The number of hydrazine groups is 1. The van der Waals surface area contributed by atoms with Crippen molar-refractivity contribution in [1.82, 2.24) is 9.97 Å². The second kappa shape index (κ2) is 5.31. The molecule has 0 aliphatic rings. The number of hydrogen-bond acceptors (Lipinski definition) is 6. The van der Waals surface area contributed by atoms with Crippen LogP contribution in [0, 0.1) is 11.3 Å². The zero-order valence-corrected chi connectivity index (χ0v) is 9.94. The first-order valence-electron chi connectivity index (χ1n) is 5.00. The van der Waals surface area contributed by atoms with Gasteiger partial charge in [0.05, 0.1) is 17.4 Å². The number of nitriles is 1. The molecule has 0 aliphatic carbocycles. The van der Waals surface area contributed by atoms with Crippen LogP contribution in [0.1, 0.15) is 5.56 Å². The van der Waals surface area contributed by atoms with E-state index in [4.69, 9.17) is 22.7 Å². The van der Waals surface area contributed by atoms with Crippen LogP contribution in [0.2, 0.25) is 5.02 Å². The number of nitrogens with two attached hydrogens (primary N) is 1. The number of aromatic nitrogens is 2. The molecule has 4 N–H and O–H groups in total. The average Bonchev–Trinajstić information content (AvgIpc) is 2.42. The fourth-order valence-corrected chi connectivity index (χ4v) is 1.48. The summed E-state index contributed by atoms with van der Waals surface area (Å²) >= 11 is 5.96. The molecule has 0 bridgehead atoms. The average molecular weight is 261 g/mol. The van der Waals surface area contributed by atoms with Gasteiger partial charge in [-0.3, -0.25) is 5.43 Å². The zero-order valence-electron chi connectivity index (χ0n) is 9.18. The van der Waals surface area contributed by atoms with E-state index in [1.807, 2.05) is 0 Å². The van der Waals surface area contributed by atoms with Gasteiger partial charge in [0, 0.05) is 0 Å². The van der Waals surface area contributed by atoms with Crippen molar-refractivity contribution in [2.24, 2.45) is 5.84 Å². The summed E-state index contributed by atoms with van der Waals surface area (Å²) in [5.41, 5.74) is 3.43. The van der Waals surface area contributed by atoms with E-state index in [-0.39, 0.29) is 5.95 Å². The fraction of sp³-hybridized carbons (Fsp3) is 0. The topological polar surface area (TPSA) is 99.7 Å². The molecule has 0 saturated heterocycles. The van der Waals surface area contributed by atoms with Crippen LogP contribution < -0.4 is 16.6 Å². The van der Waals surface area contributed by atoms with Crippen molar-refractivity contribution in [3.8, 4) is 6.07 Å². The molecule has 2 rings (SSSR count). The first-order valence-corrected chi connectivity index (χ1v) is 5.37. The summed E-state index contributed by atoms with van der Waals surface area (Å²) in [4.78, 5) is 7.92. The quantitative estimate of drug-likeness (QED) is 0.577. The Morgan fingerprint density at radius 3 is 2.83 bits per heavy atom. The number of nitrogen functional groups attached to an aromatic ring is 1. The van der Waals surface area contributed by atoms with E-state index in [0.717, 1.165) is 0 Å². The van der Waals surface area contributed by atoms with Gasteiger partial charge in [0.1, 0.15) is 11.1 Å². The van der Waals surface area contributed by atoms with Crippen LogP contribution >= 0.6 is 11.6 Å². The highest BCUT2D eigenvalue weighted by Gasteiger charge is 2.07. The van der Waals surface area contributed by atoms with Gasteiger partial charge in [-0.15, -0.1) is 0 Å². The molecule has 0 amide bonds. The Morgan fingerprint density at radius 1 is 1.33 bits per heavy atom. The summed E-state index contributed by atoms with van der Waals surface area (Å²) in [6.45, 7) is 0. The molecule has 90 valence electrons. The summed E-state index contributed by atoms with van der Waals surface area (Å²) in [7, 11) is 0. The standard InChI is InChI=1S/C11H9ClN6/c12-8-6-15-11(18-14)17-10(8)16-9-4-2-1-3-7(9)5-13/h1-4,6H,14H2,(H2,15,16,17,18). The Kier molecular flexibility index (Phi) is 3.57. The lowest BCUT2D eigenvalue weighted by molar-refractivity contribution is 1.12. The van der Waals surface area contributed by atoms with Gasteiger partial charge < -0.3 is 5.32 Å². The molecule has 18 heavy (non-hydrogen) atoms. The number of anilines is 3. The van der Waals surface area contributed by atoms with Crippen LogP contribution in [-0.2, 0) is 0 Å². The van der Waals surface area contributed by atoms with Gasteiger partial charge >= 0.3 is 0 Å². The van der Waals surface area contributed by atoms with Gasteiger partial charge in [-0.25, -0.2) is 10.8 Å². The Bertz CT molecular complexity index is 607. The van der Waals surface area contributed by atoms with Crippen LogP contribution in [0.3, 0.4) is 0 Å². The van der Waals surface area contributed by atoms with Crippen LogP contribution in [0.5, 0.6) is 0 Å². The lowest BCUT2D eigenvalue weighted by Crippen LogP contribution is -2.11. The molecule has 0 unspecified atom stereocenters. The maximum atomic E-state index is 8.98. The molecule has 0 aliphatic heterocycles. The molecule has 7 heteroatoms. The summed E-state index contributed by atoms with van der Waals surface area (Å²) in [5.74, 6) is 5.83. The number of nitrogens with zero attached hydrogens (tertiary/aromatic N) is 3. The third kappa shape index (κ3) is 2.48. The molecule has 1 heterocycles. The van der Waals surface area contributed by atoms with E-state index < -0.39 is 0 Å². The van der Waals surface area contributed by atoms with Crippen LogP contribution in [0.4, 0.5) is 17.5 Å². The van der Waals surface area contributed by atoms with E-state index in [1.165, 1.54) is 6.20 Å². The van der Waals surface area contributed by atoms with E-state index in [1.54, 1.807) is 24.3 Å². The van der Waals surface area contributed by atoms with Crippen LogP contribution in [-0.4, -0.2) is 9.97 Å². The minimum atomic E-state index is 0.233. The predicted octanol–water partition coefficient (Wildman–Crippen LogP) is 2.03. The highest BCUT2D eigenvalue weighted by Crippen LogP contribution is 2.25. The largest absolute Gasteiger partial charge is 0.338 e. The highest BCUT2D eigenvalue weighted by atomic mass is 35.5. The minimum Gasteiger partial charge on any atom is -0.338 e. The smallest absolute Gasteiger partial charge is 0.239 e. The summed E-state index contributed by atoms with van der Waals surface area (Å²) in [6.07, 6.45) is 1.42. The minimum absolute atomic E-state index is 0.233. The number of hydrogen-bond donors (Lipinski definition) is 3. The zero-order chi connectivity index (χ0) is 13.0. The Hall–Kier alpha value is -2.36. The third-order valence-electron chi connectivity index (χ3n) is 2.17. The van der Waals surface area contributed by atoms with E-state index in [2.05, 4.69) is 26.8 Å². The molecule has 0 radical (unpaired) electrons. The lowest BCUT2D eigenvalue weighted by atomic mass is 10.2. The molecule has 1 aromatic carbocycles. The van der Waals surface area contributed by atoms with Crippen molar-refractivity contribution in [3.63, 3.8) is 0 Å². The van der Waals surface area contributed by atoms with Crippen LogP contribution in [0.15, 0.2) is 30.5 Å². The SMILES string of the molecule is N#Cc1ccccc1Nc1nc(NN)ncc1Cl. The Labute approximate surface area is 108 Å². The number of rotatable bonds is 3.